The van der Waals surface area contributed by atoms with Gasteiger partial charge in [-0.25, -0.2) is 9.96 Å². The van der Waals surface area contributed by atoms with E-state index >= 15 is 0 Å². The summed E-state index contributed by atoms with van der Waals surface area (Å²) >= 11 is 3.40. The van der Waals surface area contributed by atoms with E-state index in [1.165, 1.54) is 0 Å². The van der Waals surface area contributed by atoms with E-state index in [1.54, 1.807) is 41.5 Å². The molecule has 2 amide bonds. The summed E-state index contributed by atoms with van der Waals surface area (Å²) in [6.45, 7) is 4.40. The van der Waals surface area contributed by atoms with E-state index in [-0.39, 0.29) is 17.4 Å². The van der Waals surface area contributed by atoms with Crippen LogP contribution in [0.25, 0.3) is 0 Å². The first-order chi connectivity index (χ1) is 17.5. The minimum absolute atomic E-state index is 0.0385. The van der Waals surface area contributed by atoms with Gasteiger partial charge in [0.25, 0.3) is 5.91 Å². The van der Waals surface area contributed by atoms with E-state index in [1.807, 2.05) is 44.2 Å². The number of rotatable bonds is 7. The second-order valence-electron chi connectivity index (χ2n) is 8.35. The number of hydrogen-bond donors (Lipinski definition) is 1. The molecule has 3 aromatic carbocycles. The van der Waals surface area contributed by atoms with Crippen LogP contribution in [0.3, 0.4) is 0 Å². The van der Waals surface area contributed by atoms with Gasteiger partial charge >= 0.3 is 0 Å². The molecule has 2 fully saturated rings. The molecule has 186 valence electrons. The highest BCUT2D eigenvalue weighted by Gasteiger charge is 2.60. The molecule has 2 aliphatic rings. The Labute approximate surface area is 217 Å². The molecule has 5 rings (SSSR count). The van der Waals surface area contributed by atoms with Gasteiger partial charge in [-0.05, 0) is 71.7 Å². The van der Waals surface area contributed by atoms with Gasteiger partial charge in [-0.1, -0.05) is 30.3 Å². The van der Waals surface area contributed by atoms with Crippen LogP contribution < -0.4 is 19.4 Å². The molecule has 8 nitrogen and oxygen atoms in total. The molecular formula is C27H25BrN2O6. The first kappa shape index (κ1) is 24.1. The predicted octanol–water partition coefficient (Wildman–Crippen LogP) is 5.00. The third kappa shape index (κ3) is 3.98. The van der Waals surface area contributed by atoms with Gasteiger partial charge in [-0.2, -0.15) is 0 Å². The van der Waals surface area contributed by atoms with Crippen LogP contribution in [-0.4, -0.2) is 36.2 Å². The quantitative estimate of drug-likeness (QED) is 0.412. The summed E-state index contributed by atoms with van der Waals surface area (Å²) in [4.78, 5) is 34.9. The largest absolute Gasteiger partial charge is 0.503 e. The number of amides is 2. The van der Waals surface area contributed by atoms with Crippen molar-refractivity contribution in [2.75, 3.05) is 23.2 Å². The van der Waals surface area contributed by atoms with Crippen molar-refractivity contribution >= 4 is 39.1 Å². The lowest BCUT2D eigenvalue weighted by Gasteiger charge is -2.29. The van der Waals surface area contributed by atoms with Gasteiger partial charge < -0.3 is 14.6 Å². The van der Waals surface area contributed by atoms with Crippen LogP contribution in [0.15, 0.2) is 71.2 Å². The van der Waals surface area contributed by atoms with Crippen LogP contribution in [0.5, 0.6) is 17.2 Å². The fourth-order valence-electron chi connectivity index (χ4n) is 4.74. The normalized spacial score (nSPS) is 21.1. The molecule has 0 bridgehead atoms. The standard InChI is InChI=1S/C27H25BrN2O6/c1-3-34-20-13-9-8-12-19(20)29-26(32)22-23(16-14-18(28)24(31)21(15-16)35-4-2)30(36-25(22)27(29)33)17-10-6-5-7-11-17/h5-15,22-23,25,31H,3-4H2,1-2H3/t22-,23+,25-/m0/s1. The van der Waals surface area contributed by atoms with Crippen molar-refractivity contribution in [3.8, 4) is 17.2 Å². The Bertz CT molecular complexity index is 1300. The second kappa shape index (κ2) is 9.83. The number of ether oxygens (including phenoxy) is 2. The number of hydroxylamine groups is 1. The third-order valence-electron chi connectivity index (χ3n) is 6.22. The maximum absolute atomic E-state index is 13.9. The van der Waals surface area contributed by atoms with Gasteiger partial charge in [0.05, 0.1) is 35.1 Å². The SMILES string of the molecule is CCOc1ccccc1N1C(=O)[C@@H]2[C@H](ON(c3ccccc3)[C@@H]2c2cc(Br)c(O)c(OCC)c2)C1=O. The van der Waals surface area contributed by atoms with Gasteiger partial charge in [-0.15, -0.1) is 0 Å². The molecule has 0 aliphatic carbocycles. The highest BCUT2D eigenvalue weighted by molar-refractivity contribution is 9.10. The molecule has 1 N–H and O–H groups in total. The number of benzene rings is 3. The van der Waals surface area contributed by atoms with Crippen molar-refractivity contribution in [1.82, 2.24) is 0 Å². The molecule has 0 saturated carbocycles. The smallest absolute Gasteiger partial charge is 0.266 e. The highest BCUT2D eigenvalue weighted by Crippen LogP contribution is 2.50. The van der Waals surface area contributed by atoms with E-state index in [4.69, 9.17) is 14.3 Å². The monoisotopic (exact) mass is 552 g/mol. The van der Waals surface area contributed by atoms with Gasteiger partial charge in [0.1, 0.15) is 11.7 Å². The Morgan fingerprint density at radius 2 is 1.58 bits per heavy atom. The molecule has 0 unspecified atom stereocenters. The number of aromatic hydroxyl groups is 1. The molecule has 3 atom stereocenters. The molecule has 0 spiro atoms. The first-order valence-electron chi connectivity index (χ1n) is 11.7. The van der Waals surface area contributed by atoms with Crippen molar-refractivity contribution in [1.29, 1.82) is 0 Å². The summed E-state index contributed by atoms with van der Waals surface area (Å²) in [5.41, 5.74) is 1.74. The molecule has 2 heterocycles. The van der Waals surface area contributed by atoms with E-state index in [0.29, 0.717) is 40.4 Å². The zero-order chi connectivity index (χ0) is 25.4. The Balaban J connectivity index is 1.62. The molecule has 3 aromatic rings. The number of carbonyl (C=O) groups excluding carboxylic acids is 2. The third-order valence-corrected chi connectivity index (χ3v) is 6.83. The summed E-state index contributed by atoms with van der Waals surface area (Å²) in [6.07, 6.45) is -1.03. The van der Waals surface area contributed by atoms with E-state index < -0.39 is 24.0 Å². The van der Waals surface area contributed by atoms with Gasteiger partial charge in [0.2, 0.25) is 5.91 Å². The summed E-state index contributed by atoms with van der Waals surface area (Å²) in [5, 5.41) is 12.1. The minimum Gasteiger partial charge on any atom is -0.503 e. The van der Waals surface area contributed by atoms with Gasteiger partial charge in [0.15, 0.2) is 17.6 Å². The van der Waals surface area contributed by atoms with Crippen LogP contribution in [0.1, 0.15) is 25.5 Å². The van der Waals surface area contributed by atoms with Crippen molar-refractivity contribution < 1.29 is 29.0 Å². The minimum atomic E-state index is -1.03. The average molecular weight is 553 g/mol. The molecular weight excluding hydrogens is 528 g/mol. The summed E-state index contributed by atoms with van der Waals surface area (Å²) in [5.74, 6) is -0.995. The summed E-state index contributed by atoms with van der Waals surface area (Å²) in [7, 11) is 0. The fourth-order valence-corrected chi connectivity index (χ4v) is 5.20. The first-order valence-corrected chi connectivity index (χ1v) is 12.5. The topological polar surface area (TPSA) is 88.5 Å². The van der Waals surface area contributed by atoms with E-state index in [9.17, 15) is 14.7 Å². The molecule has 2 saturated heterocycles. The lowest BCUT2D eigenvalue weighted by atomic mass is 9.90. The lowest BCUT2D eigenvalue weighted by Crippen LogP contribution is -2.37. The number of para-hydroxylation sites is 3. The van der Waals surface area contributed by atoms with Crippen LogP contribution >= 0.6 is 15.9 Å². The molecule has 36 heavy (non-hydrogen) atoms. The molecule has 0 radical (unpaired) electrons. The number of imide groups is 1. The zero-order valence-electron chi connectivity index (χ0n) is 19.8. The van der Waals surface area contributed by atoms with Crippen molar-refractivity contribution in [2.24, 2.45) is 5.92 Å². The maximum Gasteiger partial charge on any atom is 0.266 e. The molecule has 9 heteroatoms. The Kier molecular flexibility index (Phi) is 6.59. The molecule has 0 aromatic heterocycles. The van der Waals surface area contributed by atoms with Crippen LogP contribution in [0.4, 0.5) is 11.4 Å². The van der Waals surface area contributed by atoms with Crippen molar-refractivity contribution in [3.05, 3.63) is 76.8 Å². The van der Waals surface area contributed by atoms with Crippen LogP contribution in [0, 0.1) is 5.92 Å². The fraction of sp³-hybridized carbons (Fsp3) is 0.259. The van der Waals surface area contributed by atoms with E-state index in [0.717, 1.165) is 4.90 Å². The second-order valence-corrected chi connectivity index (χ2v) is 9.21. The Morgan fingerprint density at radius 1 is 0.917 bits per heavy atom. The molecule has 2 aliphatic heterocycles. The number of halogens is 1. The zero-order valence-corrected chi connectivity index (χ0v) is 21.3. The predicted molar refractivity (Wildman–Crippen MR) is 137 cm³/mol. The highest BCUT2D eigenvalue weighted by atomic mass is 79.9. The lowest BCUT2D eigenvalue weighted by molar-refractivity contribution is -0.126. The Hall–Kier alpha value is -3.56. The van der Waals surface area contributed by atoms with Crippen molar-refractivity contribution in [2.45, 2.75) is 26.0 Å². The van der Waals surface area contributed by atoms with Crippen LogP contribution in [-0.2, 0) is 14.4 Å². The van der Waals surface area contributed by atoms with Crippen molar-refractivity contribution in [3.63, 3.8) is 0 Å². The number of anilines is 2. The summed E-state index contributed by atoms with van der Waals surface area (Å²) in [6, 6.07) is 19.0. The number of hydrogen-bond acceptors (Lipinski definition) is 7. The van der Waals surface area contributed by atoms with Gasteiger partial charge in [-0.3, -0.25) is 14.4 Å². The number of fused-ring (bicyclic) bond motifs is 1. The summed E-state index contributed by atoms with van der Waals surface area (Å²) < 4.78 is 11.7. The van der Waals surface area contributed by atoms with E-state index in [2.05, 4.69) is 15.9 Å². The van der Waals surface area contributed by atoms with Gasteiger partial charge in [0, 0.05) is 0 Å². The number of carbonyl (C=O) groups is 2. The van der Waals surface area contributed by atoms with Crippen LogP contribution in [0.2, 0.25) is 0 Å². The number of phenols is 1. The number of phenolic OH excluding ortho intramolecular Hbond substituents is 1. The Morgan fingerprint density at radius 3 is 2.31 bits per heavy atom. The average Bonchev–Trinajstić information content (AvgIpc) is 3.39. The number of nitrogens with zero attached hydrogens (tertiary/aromatic N) is 2. The maximum atomic E-state index is 13.9.